The summed E-state index contributed by atoms with van der Waals surface area (Å²) in [6.07, 6.45) is 8.20. The molecule has 4 heterocycles. The SMILES string of the molecule is CCc1ccc(-c2nn(CC(C)C)cc2-c2cnn3cccnc23)nc1C#N. The minimum Gasteiger partial charge on any atom is -0.271 e. The Labute approximate surface area is 163 Å². The molecule has 0 amide bonds. The van der Waals surface area contributed by atoms with Gasteiger partial charge < -0.3 is 0 Å². The molecule has 0 bridgehead atoms. The minimum absolute atomic E-state index is 0.447. The Morgan fingerprint density at radius 2 is 2.07 bits per heavy atom. The highest BCUT2D eigenvalue weighted by Gasteiger charge is 2.19. The second-order valence-electron chi connectivity index (χ2n) is 7.12. The van der Waals surface area contributed by atoms with Crippen molar-refractivity contribution in [2.75, 3.05) is 0 Å². The van der Waals surface area contributed by atoms with E-state index in [9.17, 15) is 5.26 Å². The quantitative estimate of drug-likeness (QED) is 0.533. The van der Waals surface area contributed by atoms with Crippen molar-refractivity contribution in [1.82, 2.24) is 29.4 Å². The fraction of sp³-hybridized carbons (Fsp3) is 0.286. The molecule has 0 aliphatic carbocycles. The number of aromatic nitrogens is 6. The molecule has 0 aliphatic heterocycles. The number of nitrogens with zero attached hydrogens (tertiary/aromatic N) is 7. The number of pyridine rings is 1. The first kappa shape index (κ1) is 17.9. The fourth-order valence-corrected chi connectivity index (χ4v) is 3.29. The Kier molecular flexibility index (Phi) is 4.62. The molecule has 0 atom stereocenters. The lowest BCUT2D eigenvalue weighted by molar-refractivity contribution is 0.484. The predicted octanol–water partition coefficient (Wildman–Crippen LogP) is 3.74. The summed E-state index contributed by atoms with van der Waals surface area (Å²) in [4.78, 5) is 9.07. The molecular weight excluding hydrogens is 350 g/mol. The second kappa shape index (κ2) is 7.24. The topological polar surface area (TPSA) is 84.7 Å². The Morgan fingerprint density at radius 1 is 1.21 bits per heavy atom. The highest BCUT2D eigenvalue weighted by Crippen LogP contribution is 2.32. The highest BCUT2D eigenvalue weighted by molar-refractivity contribution is 5.86. The monoisotopic (exact) mass is 371 g/mol. The van der Waals surface area contributed by atoms with E-state index in [0.717, 1.165) is 41.0 Å². The standard InChI is InChI=1S/C21H21N7/c1-4-15-6-7-18(25-19(15)10-22)20-17(13-27(26-20)12-14(2)3)16-11-24-28-9-5-8-23-21(16)28/h5-9,11,13-14H,4,12H2,1-3H3. The number of nitriles is 1. The zero-order valence-corrected chi connectivity index (χ0v) is 16.2. The van der Waals surface area contributed by atoms with Gasteiger partial charge in [-0.1, -0.05) is 26.8 Å². The summed E-state index contributed by atoms with van der Waals surface area (Å²) in [7, 11) is 0. The normalized spacial score (nSPS) is 11.2. The molecule has 0 radical (unpaired) electrons. The maximum Gasteiger partial charge on any atom is 0.162 e. The van der Waals surface area contributed by atoms with Crippen molar-refractivity contribution in [3.05, 3.63) is 54.2 Å². The lowest BCUT2D eigenvalue weighted by Gasteiger charge is -2.05. The van der Waals surface area contributed by atoms with Crippen molar-refractivity contribution in [3.8, 4) is 28.6 Å². The summed E-state index contributed by atoms with van der Waals surface area (Å²) in [5.74, 6) is 0.452. The molecule has 0 saturated carbocycles. The van der Waals surface area contributed by atoms with Crippen LogP contribution in [0.3, 0.4) is 0 Å². The average molecular weight is 371 g/mol. The number of hydrogen-bond donors (Lipinski definition) is 0. The Morgan fingerprint density at radius 3 is 2.82 bits per heavy atom. The van der Waals surface area contributed by atoms with Gasteiger partial charge in [-0.05, 0) is 30.0 Å². The Bertz CT molecular complexity index is 1180. The van der Waals surface area contributed by atoms with Gasteiger partial charge in [0.05, 0.1) is 17.5 Å². The summed E-state index contributed by atoms with van der Waals surface area (Å²) in [6.45, 7) is 7.11. The lowest BCUT2D eigenvalue weighted by atomic mass is 10.1. The molecule has 0 saturated heterocycles. The van der Waals surface area contributed by atoms with Crippen LogP contribution in [-0.2, 0) is 13.0 Å². The first-order chi connectivity index (χ1) is 13.6. The molecule has 0 aromatic carbocycles. The molecular formula is C21H21N7. The fourth-order valence-electron chi connectivity index (χ4n) is 3.29. The van der Waals surface area contributed by atoms with Gasteiger partial charge in [-0.25, -0.2) is 14.5 Å². The van der Waals surface area contributed by atoms with E-state index in [4.69, 9.17) is 5.10 Å². The molecule has 0 fully saturated rings. The average Bonchev–Trinajstić information content (AvgIpc) is 3.30. The van der Waals surface area contributed by atoms with E-state index in [1.807, 2.05) is 42.2 Å². The molecule has 7 heteroatoms. The molecule has 4 aromatic heterocycles. The molecule has 0 N–H and O–H groups in total. The van der Waals surface area contributed by atoms with Crippen LogP contribution in [0, 0.1) is 17.2 Å². The van der Waals surface area contributed by atoms with Crippen molar-refractivity contribution in [2.24, 2.45) is 5.92 Å². The Hall–Kier alpha value is -3.53. The minimum atomic E-state index is 0.447. The van der Waals surface area contributed by atoms with Gasteiger partial charge in [0.15, 0.2) is 5.65 Å². The van der Waals surface area contributed by atoms with Crippen molar-refractivity contribution in [3.63, 3.8) is 0 Å². The number of fused-ring (bicyclic) bond motifs is 1. The van der Waals surface area contributed by atoms with Gasteiger partial charge in [0.2, 0.25) is 0 Å². The van der Waals surface area contributed by atoms with E-state index in [1.165, 1.54) is 0 Å². The number of aryl methyl sites for hydroxylation is 1. The van der Waals surface area contributed by atoms with Crippen LogP contribution >= 0.6 is 0 Å². The molecule has 4 rings (SSSR count). The van der Waals surface area contributed by atoms with Crippen LogP contribution in [0.2, 0.25) is 0 Å². The molecule has 0 aliphatic rings. The van der Waals surface area contributed by atoms with E-state index in [1.54, 1.807) is 16.9 Å². The van der Waals surface area contributed by atoms with Gasteiger partial charge in [0, 0.05) is 30.7 Å². The van der Waals surface area contributed by atoms with Crippen LogP contribution in [0.5, 0.6) is 0 Å². The van der Waals surface area contributed by atoms with Gasteiger partial charge in [-0.2, -0.15) is 15.5 Å². The van der Waals surface area contributed by atoms with Crippen LogP contribution in [0.15, 0.2) is 43.0 Å². The van der Waals surface area contributed by atoms with E-state index in [2.05, 4.69) is 35.0 Å². The summed E-state index contributed by atoms with van der Waals surface area (Å²) in [6, 6.07) is 7.94. The molecule has 0 unspecified atom stereocenters. The van der Waals surface area contributed by atoms with E-state index in [0.29, 0.717) is 17.3 Å². The number of rotatable bonds is 5. The highest BCUT2D eigenvalue weighted by atomic mass is 15.3. The largest absolute Gasteiger partial charge is 0.271 e. The summed E-state index contributed by atoms with van der Waals surface area (Å²) < 4.78 is 3.68. The van der Waals surface area contributed by atoms with Crippen LogP contribution in [0.25, 0.3) is 28.2 Å². The second-order valence-corrected chi connectivity index (χ2v) is 7.12. The van der Waals surface area contributed by atoms with Crippen molar-refractivity contribution >= 4 is 5.65 Å². The van der Waals surface area contributed by atoms with Crippen molar-refractivity contribution in [2.45, 2.75) is 33.7 Å². The van der Waals surface area contributed by atoms with Crippen LogP contribution in [0.4, 0.5) is 0 Å². The third kappa shape index (κ3) is 3.14. The van der Waals surface area contributed by atoms with Crippen LogP contribution in [0.1, 0.15) is 32.0 Å². The van der Waals surface area contributed by atoms with Crippen molar-refractivity contribution < 1.29 is 0 Å². The third-order valence-corrected chi connectivity index (χ3v) is 4.59. The van der Waals surface area contributed by atoms with E-state index in [-0.39, 0.29) is 0 Å². The molecule has 4 aromatic rings. The van der Waals surface area contributed by atoms with Gasteiger partial charge in [-0.3, -0.25) is 4.68 Å². The zero-order chi connectivity index (χ0) is 19.7. The van der Waals surface area contributed by atoms with Gasteiger partial charge in [0.1, 0.15) is 17.5 Å². The van der Waals surface area contributed by atoms with Crippen molar-refractivity contribution in [1.29, 1.82) is 5.26 Å². The van der Waals surface area contributed by atoms with Crippen LogP contribution in [-0.4, -0.2) is 29.4 Å². The van der Waals surface area contributed by atoms with E-state index >= 15 is 0 Å². The molecule has 140 valence electrons. The maximum atomic E-state index is 9.48. The van der Waals surface area contributed by atoms with Crippen LogP contribution < -0.4 is 0 Å². The zero-order valence-electron chi connectivity index (χ0n) is 16.2. The molecule has 28 heavy (non-hydrogen) atoms. The smallest absolute Gasteiger partial charge is 0.162 e. The van der Waals surface area contributed by atoms with Gasteiger partial charge >= 0.3 is 0 Å². The lowest BCUT2D eigenvalue weighted by Crippen LogP contribution is -2.05. The Balaban J connectivity index is 1.92. The first-order valence-corrected chi connectivity index (χ1v) is 9.37. The summed E-state index contributed by atoms with van der Waals surface area (Å²) in [5.41, 5.74) is 5.37. The number of hydrogen-bond acceptors (Lipinski definition) is 5. The maximum absolute atomic E-state index is 9.48. The molecule has 7 nitrogen and oxygen atoms in total. The van der Waals surface area contributed by atoms with Gasteiger partial charge in [-0.15, -0.1) is 0 Å². The molecule has 0 spiro atoms. The van der Waals surface area contributed by atoms with E-state index < -0.39 is 0 Å². The summed E-state index contributed by atoms with van der Waals surface area (Å²) >= 11 is 0. The van der Waals surface area contributed by atoms with Gasteiger partial charge in [0.25, 0.3) is 0 Å². The first-order valence-electron chi connectivity index (χ1n) is 9.37. The third-order valence-electron chi connectivity index (χ3n) is 4.59. The summed E-state index contributed by atoms with van der Waals surface area (Å²) in [5, 5.41) is 18.7. The predicted molar refractivity (Wildman–Crippen MR) is 106 cm³/mol.